The highest BCUT2D eigenvalue weighted by Gasteiger charge is 2.21. The van der Waals surface area contributed by atoms with E-state index in [0.717, 1.165) is 17.8 Å². The van der Waals surface area contributed by atoms with Crippen molar-refractivity contribution in [2.24, 2.45) is 23.7 Å². The van der Waals surface area contributed by atoms with Crippen molar-refractivity contribution in [3.05, 3.63) is 12.7 Å². The maximum atomic E-state index is 3.87. The van der Waals surface area contributed by atoms with Gasteiger partial charge in [0.1, 0.15) is 0 Å². The highest BCUT2D eigenvalue weighted by molar-refractivity contribution is 4.84. The van der Waals surface area contributed by atoms with Gasteiger partial charge in [-0.2, -0.15) is 0 Å². The normalized spacial score (nSPS) is 11.7. The van der Waals surface area contributed by atoms with Crippen molar-refractivity contribution in [3.8, 4) is 0 Å². The molecule has 0 fully saturated rings. The second-order valence-corrected chi connectivity index (χ2v) is 5.68. The summed E-state index contributed by atoms with van der Waals surface area (Å²) in [5.41, 5.74) is 0. The molecule has 0 rings (SSSR count). The number of hydrogen-bond acceptors (Lipinski definition) is 0. The van der Waals surface area contributed by atoms with Crippen molar-refractivity contribution in [3.63, 3.8) is 0 Å². The molecule has 0 saturated carbocycles. The minimum atomic E-state index is 0.660. The van der Waals surface area contributed by atoms with Gasteiger partial charge in [0, 0.05) is 0 Å². The molecular formula is C24H58. The number of rotatable bonds is 5. The fourth-order valence-corrected chi connectivity index (χ4v) is 1.89. The van der Waals surface area contributed by atoms with Gasteiger partial charge in [-0.05, 0) is 23.7 Å². The molecule has 0 N–H and O–H groups in total. The van der Waals surface area contributed by atoms with Crippen LogP contribution in [0.25, 0.3) is 0 Å². The summed E-state index contributed by atoms with van der Waals surface area (Å²) in [5.74, 6) is 3.07. The molecule has 0 spiro atoms. The molecular weight excluding hydrogens is 288 g/mol. The number of hydrogen-bond donors (Lipinski definition) is 0. The third-order valence-corrected chi connectivity index (χ3v) is 3.25. The van der Waals surface area contributed by atoms with Gasteiger partial charge in [-0.1, -0.05) is 129 Å². The Labute approximate surface area is 159 Å². The Kier molecular flexibility index (Phi) is 70.5. The van der Waals surface area contributed by atoms with Crippen LogP contribution in [0.5, 0.6) is 0 Å². The zero-order valence-corrected chi connectivity index (χ0v) is 20.7. The van der Waals surface area contributed by atoms with Crippen LogP contribution >= 0.6 is 0 Å². The molecule has 0 aromatic carbocycles. The third kappa shape index (κ3) is 37.7. The topological polar surface area (TPSA) is 0 Å². The highest BCUT2D eigenvalue weighted by atomic mass is 14.3. The van der Waals surface area contributed by atoms with Crippen LogP contribution in [0, 0.1) is 23.7 Å². The molecule has 0 radical (unpaired) electrons. The smallest absolute Gasteiger partial charge is 0.0234 e. The third-order valence-electron chi connectivity index (χ3n) is 3.25. The van der Waals surface area contributed by atoms with Gasteiger partial charge in [0.2, 0.25) is 0 Å². The zero-order chi connectivity index (χ0) is 21.1. The van der Waals surface area contributed by atoms with E-state index in [1.54, 1.807) is 0 Å². The Morgan fingerprint density at radius 1 is 0.667 bits per heavy atom. The Hall–Kier alpha value is -0.260. The fraction of sp³-hybridized carbons (Fsp3) is 0.917. The minimum absolute atomic E-state index is 0.660. The second-order valence-electron chi connectivity index (χ2n) is 5.68. The maximum absolute atomic E-state index is 3.87. The van der Waals surface area contributed by atoms with Crippen molar-refractivity contribution >= 4 is 0 Å². The van der Waals surface area contributed by atoms with Crippen LogP contribution in [-0.4, -0.2) is 0 Å². The van der Waals surface area contributed by atoms with E-state index in [2.05, 4.69) is 75.0 Å². The lowest BCUT2D eigenvalue weighted by atomic mass is 9.76. The lowest BCUT2D eigenvalue weighted by Gasteiger charge is -2.29. The second kappa shape index (κ2) is 43.4. The summed E-state index contributed by atoms with van der Waals surface area (Å²) in [6.45, 7) is 35.9. The molecule has 0 aliphatic heterocycles. The van der Waals surface area contributed by atoms with Crippen molar-refractivity contribution < 1.29 is 0 Å². The Bertz CT molecular complexity index is 144. The predicted octanol–water partition coefficient (Wildman–Crippen LogP) is 10.0. The van der Waals surface area contributed by atoms with Crippen LogP contribution in [0.3, 0.4) is 0 Å². The first-order valence-electron chi connectivity index (χ1n) is 11.0. The zero-order valence-electron chi connectivity index (χ0n) is 20.7. The molecule has 0 heterocycles. The van der Waals surface area contributed by atoms with E-state index in [1.165, 1.54) is 19.3 Å². The Morgan fingerprint density at radius 3 is 1.04 bits per heavy atom. The summed E-state index contributed by atoms with van der Waals surface area (Å²) < 4.78 is 0. The summed E-state index contributed by atoms with van der Waals surface area (Å²) in [7, 11) is 0. The van der Waals surface area contributed by atoms with E-state index >= 15 is 0 Å². The standard InChI is InChI=1S/C12H24.2C3H8.3C2H6/c1-7-10(5)12(8-2)11(6)9(3)4;2*1-3-2;3*1-2/h7,9-12H,1,8H2,2-6H3;2*3H2,1-2H3;3*1-2H3. The summed E-state index contributed by atoms with van der Waals surface area (Å²) in [6.07, 6.45) is 5.86. The van der Waals surface area contributed by atoms with E-state index in [9.17, 15) is 0 Å². The van der Waals surface area contributed by atoms with Gasteiger partial charge in [-0.25, -0.2) is 0 Å². The molecule has 0 aromatic rings. The molecule has 24 heavy (non-hydrogen) atoms. The van der Waals surface area contributed by atoms with Gasteiger partial charge in [0.25, 0.3) is 0 Å². The molecule has 0 aliphatic rings. The van der Waals surface area contributed by atoms with E-state index in [4.69, 9.17) is 0 Å². The molecule has 0 heteroatoms. The maximum Gasteiger partial charge on any atom is -0.0234 e. The average Bonchev–Trinajstić information content (AvgIpc) is 2.61. The summed E-state index contributed by atoms with van der Waals surface area (Å²) in [4.78, 5) is 0. The first kappa shape index (κ1) is 39.0. The number of allylic oxidation sites excluding steroid dienone is 1. The first-order valence-corrected chi connectivity index (χ1v) is 11.0. The van der Waals surface area contributed by atoms with Crippen molar-refractivity contribution in [1.29, 1.82) is 0 Å². The van der Waals surface area contributed by atoms with Crippen LogP contribution in [-0.2, 0) is 0 Å². The van der Waals surface area contributed by atoms with Gasteiger partial charge < -0.3 is 0 Å². The Morgan fingerprint density at radius 2 is 0.917 bits per heavy atom. The molecule has 3 atom stereocenters. The van der Waals surface area contributed by atoms with Crippen LogP contribution < -0.4 is 0 Å². The monoisotopic (exact) mass is 346 g/mol. The first-order chi connectivity index (χ1) is 11.4. The largest absolute Gasteiger partial charge is 0.103 e. The van der Waals surface area contributed by atoms with Gasteiger partial charge >= 0.3 is 0 Å². The summed E-state index contributed by atoms with van der Waals surface area (Å²) >= 11 is 0. The molecule has 0 amide bonds. The van der Waals surface area contributed by atoms with E-state index in [-0.39, 0.29) is 0 Å². The molecule has 154 valence electrons. The van der Waals surface area contributed by atoms with Gasteiger partial charge in [0.05, 0.1) is 0 Å². The van der Waals surface area contributed by atoms with E-state index in [1.807, 2.05) is 41.5 Å². The van der Waals surface area contributed by atoms with Crippen molar-refractivity contribution in [2.75, 3.05) is 0 Å². The summed E-state index contributed by atoms with van der Waals surface area (Å²) in [5, 5.41) is 0. The minimum Gasteiger partial charge on any atom is -0.103 e. The van der Waals surface area contributed by atoms with Gasteiger partial charge in [-0.15, -0.1) is 6.58 Å². The predicted molar refractivity (Wildman–Crippen MR) is 123 cm³/mol. The molecule has 0 aromatic heterocycles. The fourth-order valence-electron chi connectivity index (χ4n) is 1.89. The van der Waals surface area contributed by atoms with Crippen LogP contribution in [0.15, 0.2) is 12.7 Å². The van der Waals surface area contributed by atoms with Crippen LogP contribution in [0.2, 0.25) is 0 Å². The van der Waals surface area contributed by atoms with Crippen molar-refractivity contribution in [1.82, 2.24) is 0 Å². The average molecular weight is 347 g/mol. The van der Waals surface area contributed by atoms with Crippen LogP contribution in [0.1, 0.15) is 123 Å². The lowest BCUT2D eigenvalue weighted by molar-refractivity contribution is 0.224. The van der Waals surface area contributed by atoms with Crippen LogP contribution in [0.4, 0.5) is 0 Å². The van der Waals surface area contributed by atoms with Gasteiger partial charge in [-0.3, -0.25) is 0 Å². The van der Waals surface area contributed by atoms with E-state index < -0.39 is 0 Å². The van der Waals surface area contributed by atoms with E-state index in [0.29, 0.717) is 5.92 Å². The molecule has 3 unspecified atom stereocenters. The van der Waals surface area contributed by atoms with Gasteiger partial charge in [0.15, 0.2) is 0 Å². The highest BCUT2D eigenvalue weighted by Crippen LogP contribution is 2.30. The van der Waals surface area contributed by atoms with Crippen molar-refractivity contribution in [2.45, 2.75) is 123 Å². The molecule has 0 saturated heterocycles. The molecule has 0 nitrogen and oxygen atoms in total. The summed E-state index contributed by atoms with van der Waals surface area (Å²) in [6, 6.07) is 0. The molecule has 0 aliphatic carbocycles. The molecule has 0 bridgehead atoms. The quantitative estimate of drug-likeness (QED) is 0.434. The lowest BCUT2D eigenvalue weighted by Crippen LogP contribution is -2.21. The Balaban J connectivity index is -0.0000000560. The SMILES string of the molecule is C=CC(C)C(CC)C(C)C(C)C.CC.CC.CC.CCC.CCC.